The Bertz CT molecular complexity index is 285. The van der Waals surface area contributed by atoms with Crippen molar-refractivity contribution >= 4 is 5.78 Å². The van der Waals surface area contributed by atoms with Gasteiger partial charge in [0.2, 0.25) is 0 Å². The third kappa shape index (κ3) is 1.50. The zero-order valence-electron chi connectivity index (χ0n) is 8.13. The highest BCUT2D eigenvalue weighted by Gasteiger charge is 2.51. The van der Waals surface area contributed by atoms with Gasteiger partial charge in [0.15, 0.2) is 11.5 Å². The van der Waals surface area contributed by atoms with E-state index in [4.69, 9.17) is 5.11 Å². The summed E-state index contributed by atoms with van der Waals surface area (Å²) < 4.78 is 14.3. The number of hydrogen-bond donors (Lipinski definition) is 1. The predicted octanol–water partition coefficient (Wildman–Crippen LogP) is 1.78. The summed E-state index contributed by atoms with van der Waals surface area (Å²) in [6.45, 7) is -0.673. The highest BCUT2D eigenvalue weighted by molar-refractivity contribution is 5.90. The molecule has 2 rings (SSSR count). The Morgan fingerprint density at radius 2 is 2.36 bits per heavy atom. The zero-order valence-corrected chi connectivity index (χ0v) is 8.13. The second-order valence-corrected chi connectivity index (χ2v) is 4.22. The van der Waals surface area contributed by atoms with Crippen LogP contribution in [0.15, 0.2) is 11.6 Å². The Morgan fingerprint density at radius 3 is 3.07 bits per heavy atom. The van der Waals surface area contributed by atoms with Gasteiger partial charge in [-0.3, -0.25) is 4.79 Å². The van der Waals surface area contributed by atoms with Gasteiger partial charge in [0, 0.05) is 5.92 Å². The molecule has 78 valence electrons. The summed E-state index contributed by atoms with van der Waals surface area (Å²) in [6, 6.07) is 0. The number of hydrogen-bond acceptors (Lipinski definition) is 2. The van der Waals surface area contributed by atoms with E-state index >= 15 is 0 Å². The summed E-state index contributed by atoms with van der Waals surface area (Å²) in [5.74, 6) is -0.932. The van der Waals surface area contributed by atoms with Gasteiger partial charge in [-0.05, 0) is 25.7 Å². The molecule has 0 saturated heterocycles. The first-order valence-electron chi connectivity index (χ1n) is 5.22. The highest BCUT2D eigenvalue weighted by atomic mass is 19.1. The van der Waals surface area contributed by atoms with Crippen LogP contribution in [0.25, 0.3) is 0 Å². The lowest BCUT2D eigenvalue weighted by Crippen LogP contribution is -2.40. The fourth-order valence-corrected chi connectivity index (χ4v) is 2.32. The van der Waals surface area contributed by atoms with Crippen LogP contribution in [-0.2, 0) is 4.79 Å². The summed E-state index contributed by atoms with van der Waals surface area (Å²) in [5.41, 5.74) is -0.709. The van der Waals surface area contributed by atoms with Gasteiger partial charge in [-0.15, -0.1) is 0 Å². The Kier molecular flexibility index (Phi) is 2.43. The number of aliphatic hydroxyl groups is 1. The molecule has 1 N–H and O–H groups in total. The first-order chi connectivity index (χ1) is 6.68. The molecule has 0 aromatic carbocycles. The molecular formula is C11H15FO2. The van der Waals surface area contributed by atoms with Crippen LogP contribution in [-0.4, -0.2) is 23.2 Å². The van der Waals surface area contributed by atoms with Crippen LogP contribution in [0.2, 0.25) is 0 Å². The third-order valence-electron chi connectivity index (χ3n) is 3.28. The molecule has 1 saturated carbocycles. The molecule has 1 unspecified atom stereocenters. The minimum absolute atomic E-state index is 0.275. The van der Waals surface area contributed by atoms with Crippen molar-refractivity contribution in [2.75, 3.05) is 6.61 Å². The molecule has 0 aromatic heterocycles. The second-order valence-electron chi connectivity index (χ2n) is 4.22. The van der Waals surface area contributed by atoms with E-state index in [2.05, 4.69) is 0 Å². The summed E-state index contributed by atoms with van der Waals surface area (Å²) in [4.78, 5) is 11.3. The molecular weight excluding hydrogens is 183 g/mol. The monoisotopic (exact) mass is 198 g/mol. The van der Waals surface area contributed by atoms with Gasteiger partial charge in [0.05, 0.1) is 0 Å². The van der Waals surface area contributed by atoms with Gasteiger partial charge in [0.1, 0.15) is 6.61 Å². The molecule has 2 aliphatic rings. The zero-order chi connectivity index (χ0) is 10.2. The average molecular weight is 198 g/mol. The van der Waals surface area contributed by atoms with Crippen LogP contribution in [0.1, 0.15) is 32.1 Å². The Hall–Kier alpha value is -0.700. The largest absolute Gasteiger partial charge is 0.388 e. The van der Waals surface area contributed by atoms with E-state index in [0.29, 0.717) is 0 Å². The number of carbonyl (C=O) groups excluding carboxylic acids is 1. The van der Waals surface area contributed by atoms with E-state index in [1.807, 2.05) is 6.08 Å². The molecule has 3 heteroatoms. The summed E-state index contributed by atoms with van der Waals surface area (Å²) in [5, 5.41) is 8.74. The van der Waals surface area contributed by atoms with Crippen LogP contribution in [0, 0.1) is 5.92 Å². The molecule has 0 amide bonds. The van der Waals surface area contributed by atoms with Crippen LogP contribution in [0.3, 0.4) is 0 Å². The van der Waals surface area contributed by atoms with E-state index < -0.39 is 18.1 Å². The smallest absolute Gasteiger partial charge is 0.196 e. The number of ketones is 1. The number of Topliss-reactive ketones (excluding diaryl/α,β-unsaturated/α-hetero) is 1. The first-order valence-corrected chi connectivity index (χ1v) is 5.22. The van der Waals surface area contributed by atoms with Gasteiger partial charge in [-0.1, -0.05) is 18.1 Å². The predicted molar refractivity (Wildman–Crippen MR) is 50.6 cm³/mol. The number of aliphatic hydroxyl groups excluding tert-OH is 1. The number of fused-ring (bicyclic) bond motifs is 1. The fourth-order valence-electron chi connectivity index (χ4n) is 2.32. The van der Waals surface area contributed by atoms with Crippen LogP contribution in [0.5, 0.6) is 0 Å². The van der Waals surface area contributed by atoms with Crippen LogP contribution in [0.4, 0.5) is 4.39 Å². The molecule has 14 heavy (non-hydrogen) atoms. The summed E-state index contributed by atoms with van der Waals surface area (Å²) in [7, 11) is 0. The van der Waals surface area contributed by atoms with E-state index in [-0.39, 0.29) is 12.3 Å². The molecule has 1 fully saturated rings. The van der Waals surface area contributed by atoms with E-state index in [1.165, 1.54) is 0 Å². The number of rotatable bonds is 2. The van der Waals surface area contributed by atoms with Crippen molar-refractivity contribution in [3.05, 3.63) is 11.6 Å². The van der Waals surface area contributed by atoms with Crippen LogP contribution < -0.4 is 0 Å². The SMILES string of the molecule is O=C(CO)C1(F)CCCCCC2=C[C@H]21. The van der Waals surface area contributed by atoms with Gasteiger partial charge < -0.3 is 5.11 Å². The van der Waals surface area contributed by atoms with Gasteiger partial charge in [0.25, 0.3) is 0 Å². The highest BCUT2D eigenvalue weighted by Crippen LogP contribution is 2.48. The molecule has 0 aromatic rings. The van der Waals surface area contributed by atoms with Gasteiger partial charge >= 0.3 is 0 Å². The van der Waals surface area contributed by atoms with Crippen molar-refractivity contribution in [1.82, 2.24) is 0 Å². The Balaban J connectivity index is 2.12. The molecule has 0 heterocycles. The standard InChI is InChI=1S/C11H15FO2/c12-11(10(14)7-13)5-3-1-2-4-8-6-9(8)11/h6,9,13H,1-5,7H2/t9-,11?/m1/s1. The lowest BCUT2D eigenvalue weighted by atomic mass is 9.83. The summed E-state index contributed by atoms with van der Waals surface area (Å²) >= 11 is 0. The Morgan fingerprint density at radius 1 is 1.57 bits per heavy atom. The molecule has 0 spiro atoms. The minimum atomic E-state index is -1.79. The fraction of sp³-hybridized carbons (Fsp3) is 0.727. The van der Waals surface area contributed by atoms with Crippen molar-refractivity contribution in [3.8, 4) is 0 Å². The normalized spacial score (nSPS) is 36.4. The third-order valence-corrected chi connectivity index (χ3v) is 3.28. The second kappa shape index (κ2) is 3.46. The topological polar surface area (TPSA) is 37.3 Å². The van der Waals surface area contributed by atoms with E-state index in [9.17, 15) is 9.18 Å². The molecule has 0 bridgehead atoms. The first kappa shape index (κ1) is 9.84. The maximum Gasteiger partial charge on any atom is 0.196 e. The van der Waals surface area contributed by atoms with Crippen molar-refractivity contribution in [2.24, 2.45) is 5.92 Å². The van der Waals surface area contributed by atoms with Crippen LogP contribution >= 0.6 is 0 Å². The average Bonchev–Trinajstić information content (AvgIpc) is 2.92. The maximum atomic E-state index is 14.3. The van der Waals surface area contributed by atoms with Crippen molar-refractivity contribution in [2.45, 2.75) is 37.8 Å². The lowest BCUT2D eigenvalue weighted by Gasteiger charge is -2.25. The van der Waals surface area contributed by atoms with E-state index in [1.54, 1.807) is 0 Å². The number of alkyl halides is 1. The van der Waals surface area contributed by atoms with Crippen molar-refractivity contribution in [1.29, 1.82) is 0 Å². The van der Waals surface area contributed by atoms with Crippen molar-refractivity contribution < 1.29 is 14.3 Å². The number of allylic oxidation sites excluding steroid dienone is 2. The lowest BCUT2D eigenvalue weighted by molar-refractivity contribution is -0.135. The molecule has 0 aliphatic heterocycles. The Labute approximate surface area is 82.8 Å². The van der Waals surface area contributed by atoms with Crippen molar-refractivity contribution in [3.63, 3.8) is 0 Å². The van der Waals surface area contributed by atoms with E-state index in [0.717, 1.165) is 31.3 Å². The van der Waals surface area contributed by atoms with Gasteiger partial charge in [-0.25, -0.2) is 4.39 Å². The summed E-state index contributed by atoms with van der Waals surface area (Å²) in [6.07, 6.45) is 5.88. The molecule has 0 radical (unpaired) electrons. The maximum absolute atomic E-state index is 14.3. The number of halogens is 1. The minimum Gasteiger partial charge on any atom is -0.388 e. The molecule has 2 nitrogen and oxygen atoms in total. The number of carbonyl (C=O) groups is 1. The quantitative estimate of drug-likeness (QED) is 0.687. The molecule has 2 aliphatic carbocycles. The van der Waals surface area contributed by atoms with Gasteiger partial charge in [-0.2, -0.15) is 0 Å². The molecule has 2 atom stereocenters.